The number of aromatic nitrogens is 1. The molecule has 1 aromatic carbocycles. The summed E-state index contributed by atoms with van der Waals surface area (Å²) in [5.74, 6) is -0.916. The summed E-state index contributed by atoms with van der Waals surface area (Å²) in [5, 5.41) is 11.7. The van der Waals surface area contributed by atoms with Crippen molar-refractivity contribution in [2.45, 2.75) is 26.2 Å². The summed E-state index contributed by atoms with van der Waals surface area (Å²) in [6, 6.07) is 7.85. The summed E-state index contributed by atoms with van der Waals surface area (Å²) in [6.45, 7) is 2.35. The highest BCUT2D eigenvalue weighted by atomic mass is 16.4. The summed E-state index contributed by atoms with van der Waals surface area (Å²) >= 11 is 0. The quantitative estimate of drug-likeness (QED) is 0.797. The number of nitrogens with zero attached hydrogens (tertiary/aromatic N) is 1. The fourth-order valence-corrected chi connectivity index (χ4v) is 2.39. The van der Waals surface area contributed by atoms with E-state index in [0.29, 0.717) is 31.7 Å². The van der Waals surface area contributed by atoms with Gasteiger partial charge in [-0.1, -0.05) is 17.7 Å². The third kappa shape index (κ3) is 3.11. The number of oxazole rings is 1. The summed E-state index contributed by atoms with van der Waals surface area (Å²) < 4.78 is 5.45. The van der Waals surface area contributed by atoms with Gasteiger partial charge in [-0.2, -0.15) is 0 Å². The Labute approximate surface area is 133 Å². The molecule has 1 aromatic heterocycles. The molecular weight excluding hydrogens is 296 g/mol. The minimum atomic E-state index is -1.20. The van der Waals surface area contributed by atoms with Gasteiger partial charge in [-0.3, -0.25) is 9.59 Å². The molecule has 1 aliphatic carbocycles. The van der Waals surface area contributed by atoms with Crippen LogP contribution in [0.2, 0.25) is 0 Å². The zero-order valence-corrected chi connectivity index (χ0v) is 12.8. The highest BCUT2D eigenvalue weighted by Gasteiger charge is 2.56. The molecule has 3 rings (SSSR count). The minimum absolute atomic E-state index is 0.341. The topological polar surface area (TPSA) is 92.4 Å². The van der Waals surface area contributed by atoms with Crippen molar-refractivity contribution in [2.24, 2.45) is 5.41 Å². The largest absolute Gasteiger partial charge is 0.480 e. The zero-order chi connectivity index (χ0) is 16.4. The summed E-state index contributed by atoms with van der Waals surface area (Å²) in [7, 11) is 0. The van der Waals surface area contributed by atoms with E-state index in [1.54, 1.807) is 6.26 Å². The van der Waals surface area contributed by atoms with Gasteiger partial charge in [-0.05, 0) is 31.9 Å². The molecule has 23 heavy (non-hydrogen) atoms. The molecule has 0 saturated heterocycles. The number of carbonyl (C=O) groups is 2. The molecule has 1 saturated carbocycles. The van der Waals surface area contributed by atoms with Gasteiger partial charge in [-0.15, -0.1) is 0 Å². The second kappa shape index (κ2) is 5.87. The molecule has 1 aliphatic rings. The highest BCUT2D eigenvalue weighted by molar-refractivity contribution is 6.04. The van der Waals surface area contributed by atoms with Gasteiger partial charge < -0.3 is 14.8 Å². The van der Waals surface area contributed by atoms with Gasteiger partial charge in [0.2, 0.25) is 11.8 Å². The summed E-state index contributed by atoms with van der Waals surface area (Å²) in [4.78, 5) is 27.3. The van der Waals surface area contributed by atoms with Gasteiger partial charge in [0.15, 0.2) is 0 Å². The molecule has 0 spiro atoms. The molecule has 0 atom stereocenters. The second-order valence-electron chi connectivity index (χ2n) is 5.90. The van der Waals surface area contributed by atoms with Crippen LogP contribution in [-0.2, 0) is 16.0 Å². The van der Waals surface area contributed by atoms with E-state index in [9.17, 15) is 9.59 Å². The number of hydrogen-bond donors (Lipinski definition) is 2. The predicted octanol–water partition coefficient (Wildman–Crippen LogP) is 2.17. The standard InChI is InChI=1S/C17H18N2O4/c1-11-2-4-12(5-3-11)14-19-13(10-23-14)6-9-18-15(20)17(7-8-17)16(21)22/h2-5,10H,6-9H2,1H3,(H,18,20)(H,21,22). The number of aliphatic carboxylic acids is 1. The van der Waals surface area contributed by atoms with Crippen molar-refractivity contribution in [3.8, 4) is 11.5 Å². The van der Waals surface area contributed by atoms with E-state index >= 15 is 0 Å². The van der Waals surface area contributed by atoms with Crippen LogP contribution in [0, 0.1) is 12.3 Å². The number of amides is 1. The lowest BCUT2D eigenvalue weighted by molar-refractivity contribution is -0.149. The van der Waals surface area contributed by atoms with Crippen LogP contribution in [0.4, 0.5) is 0 Å². The monoisotopic (exact) mass is 314 g/mol. The van der Waals surface area contributed by atoms with E-state index in [1.165, 1.54) is 0 Å². The van der Waals surface area contributed by atoms with Crippen LogP contribution in [0.25, 0.3) is 11.5 Å². The maximum Gasteiger partial charge on any atom is 0.319 e. The number of aryl methyl sites for hydroxylation is 1. The first-order valence-corrected chi connectivity index (χ1v) is 7.54. The molecule has 1 fully saturated rings. The first kappa shape index (κ1) is 15.3. The third-order valence-electron chi connectivity index (χ3n) is 4.11. The number of benzene rings is 1. The molecule has 0 aliphatic heterocycles. The summed E-state index contributed by atoms with van der Waals surface area (Å²) in [6.07, 6.45) is 2.88. The van der Waals surface area contributed by atoms with Crippen molar-refractivity contribution in [3.05, 3.63) is 41.8 Å². The maximum atomic E-state index is 11.9. The average Bonchev–Trinajstić information content (AvgIpc) is 3.22. The SMILES string of the molecule is Cc1ccc(-c2nc(CCNC(=O)C3(C(=O)O)CC3)co2)cc1. The molecule has 0 bridgehead atoms. The van der Waals surface area contributed by atoms with E-state index in [4.69, 9.17) is 9.52 Å². The Morgan fingerprint density at radius 3 is 2.61 bits per heavy atom. The van der Waals surface area contributed by atoms with Crippen molar-refractivity contribution in [2.75, 3.05) is 6.54 Å². The van der Waals surface area contributed by atoms with Crippen LogP contribution in [0.1, 0.15) is 24.1 Å². The second-order valence-corrected chi connectivity index (χ2v) is 5.90. The smallest absolute Gasteiger partial charge is 0.319 e. The van der Waals surface area contributed by atoms with Crippen LogP contribution in [-0.4, -0.2) is 28.5 Å². The van der Waals surface area contributed by atoms with Gasteiger partial charge >= 0.3 is 5.97 Å². The molecule has 120 valence electrons. The van der Waals surface area contributed by atoms with Crippen molar-refractivity contribution >= 4 is 11.9 Å². The molecule has 1 amide bonds. The van der Waals surface area contributed by atoms with Crippen LogP contribution in [0.3, 0.4) is 0 Å². The fourth-order valence-electron chi connectivity index (χ4n) is 2.39. The number of carboxylic acid groups (broad SMARTS) is 1. The first-order chi connectivity index (χ1) is 11.0. The Hall–Kier alpha value is -2.63. The Kier molecular flexibility index (Phi) is 3.90. The Bertz CT molecular complexity index is 729. The summed E-state index contributed by atoms with van der Waals surface area (Å²) in [5.41, 5.74) is 1.59. The molecule has 1 heterocycles. The fraction of sp³-hybridized carbons (Fsp3) is 0.353. The lowest BCUT2D eigenvalue weighted by Gasteiger charge is -2.09. The first-order valence-electron chi connectivity index (χ1n) is 7.54. The number of carboxylic acids is 1. The average molecular weight is 314 g/mol. The molecule has 6 heteroatoms. The molecule has 6 nitrogen and oxygen atoms in total. The van der Waals surface area contributed by atoms with Crippen LogP contribution >= 0.6 is 0 Å². The zero-order valence-electron chi connectivity index (χ0n) is 12.8. The van der Waals surface area contributed by atoms with E-state index < -0.39 is 17.3 Å². The van der Waals surface area contributed by atoms with E-state index in [1.807, 2.05) is 31.2 Å². The third-order valence-corrected chi connectivity index (χ3v) is 4.11. The molecule has 2 N–H and O–H groups in total. The lowest BCUT2D eigenvalue weighted by atomic mass is 10.1. The minimum Gasteiger partial charge on any atom is -0.480 e. The lowest BCUT2D eigenvalue weighted by Crippen LogP contribution is -2.37. The molecular formula is C17H18N2O4. The van der Waals surface area contributed by atoms with Crippen molar-refractivity contribution in [3.63, 3.8) is 0 Å². The Balaban J connectivity index is 1.55. The van der Waals surface area contributed by atoms with Crippen molar-refractivity contribution in [1.82, 2.24) is 10.3 Å². The van der Waals surface area contributed by atoms with Gasteiger partial charge in [0.25, 0.3) is 0 Å². The van der Waals surface area contributed by atoms with E-state index in [0.717, 1.165) is 16.8 Å². The van der Waals surface area contributed by atoms with Gasteiger partial charge in [0.05, 0.1) is 5.69 Å². The molecule has 0 radical (unpaired) electrons. The Morgan fingerprint density at radius 1 is 1.30 bits per heavy atom. The maximum absolute atomic E-state index is 11.9. The van der Waals surface area contributed by atoms with Crippen molar-refractivity contribution in [1.29, 1.82) is 0 Å². The van der Waals surface area contributed by atoms with Gasteiger partial charge in [-0.25, -0.2) is 4.98 Å². The molecule has 0 unspecified atom stereocenters. The number of carbonyl (C=O) groups excluding carboxylic acids is 1. The normalized spacial score (nSPS) is 15.2. The van der Waals surface area contributed by atoms with E-state index in [-0.39, 0.29) is 0 Å². The Morgan fingerprint density at radius 2 is 2.00 bits per heavy atom. The predicted molar refractivity (Wildman–Crippen MR) is 82.7 cm³/mol. The number of rotatable bonds is 6. The highest BCUT2D eigenvalue weighted by Crippen LogP contribution is 2.46. The van der Waals surface area contributed by atoms with Gasteiger partial charge in [0.1, 0.15) is 11.7 Å². The van der Waals surface area contributed by atoms with Crippen LogP contribution < -0.4 is 5.32 Å². The number of hydrogen-bond acceptors (Lipinski definition) is 4. The van der Waals surface area contributed by atoms with Crippen LogP contribution in [0.15, 0.2) is 34.9 Å². The van der Waals surface area contributed by atoms with Crippen LogP contribution in [0.5, 0.6) is 0 Å². The van der Waals surface area contributed by atoms with Crippen molar-refractivity contribution < 1.29 is 19.1 Å². The molecule has 2 aromatic rings. The van der Waals surface area contributed by atoms with Gasteiger partial charge in [0, 0.05) is 18.5 Å². The number of nitrogens with one attached hydrogen (secondary N) is 1. The van der Waals surface area contributed by atoms with E-state index in [2.05, 4.69) is 10.3 Å².